The van der Waals surface area contributed by atoms with E-state index in [9.17, 15) is 9.59 Å². The molecule has 0 bridgehead atoms. The largest absolute Gasteiger partial charge is 0.503 e. The van der Waals surface area contributed by atoms with Gasteiger partial charge in [0.05, 0.1) is 6.61 Å². The number of carbonyl (C=O) groups is 1. The fourth-order valence-corrected chi connectivity index (χ4v) is 0.939. The Morgan fingerprint density at radius 3 is 3.00 bits per heavy atom. The van der Waals surface area contributed by atoms with Crippen LogP contribution in [0.1, 0.15) is 12.5 Å². The highest BCUT2D eigenvalue weighted by molar-refractivity contribution is 5.86. The predicted octanol–water partition coefficient (Wildman–Crippen LogP) is 0.657. The van der Waals surface area contributed by atoms with Gasteiger partial charge in [0.25, 0.3) is 5.56 Å². The van der Waals surface area contributed by atoms with E-state index in [0.717, 1.165) is 0 Å². The van der Waals surface area contributed by atoms with Gasteiger partial charge < -0.3 is 14.8 Å². The highest BCUT2D eigenvalue weighted by Crippen LogP contribution is 2.05. The molecule has 1 heterocycles. The van der Waals surface area contributed by atoms with Crippen LogP contribution in [-0.4, -0.2) is 22.7 Å². The van der Waals surface area contributed by atoms with Gasteiger partial charge in [-0.15, -0.1) is 0 Å². The van der Waals surface area contributed by atoms with E-state index >= 15 is 0 Å². The summed E-state index contributed by atoms with van der Waals surface area (Å²) in [7, 11) is 0. The maximum absolute atomic E-state index is 10.9. The number of aromatic hydroxyl groups is 1. The molecule has 0 spiro atoms. The predicted molar refractivity (Wildman–Crippen MR) is 54.4 cm³/mol. The number of nitrogens with one attached hydrogen (secondary N) is 1. The zero-order chi connectivity index (χ0) is 11.3. The van der Waals surface area contributed by atoms with E-state index in [-0.39, 0.29) is 5.75 Å². The average molecular weight is 209 g/mol. The molecule has 0 atom stereocenters. The monoisotopic (exact) mass is 209 g/mol. The SMILES string of the molecule is CCOC(=O)C=Cc1c[nH]c(=O)c(O)c1. The number of hydrogen-bond donors (Lipinski definition) is 2. The minimum Gasteiger partial charge on any atom is -0.503 e. The summed E-state index contributed by atoms with van der Waals surface area (Å²) < 4.78 is 4.66. The highest BCUT2D eigenvalue weighted by atomic mass is 16.5. The summed E-state index contributed by atoms with van der Waals surface area (Å²) in [6.45, 7) is 2.01. The summed E-state index contributed by atoms with van der Waals surface area (Å²) in [6, 6.07) is 1.26. The van der Waals surface area contributed by atoms with Crippen LogP contribution in [0.3, 0.4) is 0 Å². The Morgan fingerprint density at radius 1 is 1.67 bits per heavy atom. The lowest BCUT2D eigenvalue weighted by Gasteiger charge is -1.96. The molecule has 0 aromatic carbocycles. The topological polar surface area (TPSA) is 79.4 Å². The Morgan fingerprint density at radius 2 is 2.40 bits per heavy atom. The molecule has 1 aromatic rings. The summed E-state index contributed by atoms with van der Waals surface area (Å²) in [5.41, 5.74) is -0.0524. The normalized spacial score (nSPS) is 10.5. The van der Waals surface area contributed by atoms with Gasteiger partial charge in [0.15, 0.2) is 5.75 Å². The smallest absolute Gasteiger partial charge is 0.330 e. The molecule has 2 N–H and O–H groups in total. The average Bonchev–Trinajstić information content (AvgIpc) is 2.20. The summed E-state index contributed by atoms with van der Waals surface area (Å²) in [5, 5.41) is 9.07. The van der Waals surface area contributed by atoms with Crippen molar-refractivity contribution in [2.24, 2.45) is 0 Å². The Bertz CT molecular complexity index is 433. The second-order valence-electron chi connectivity index (χ2n) is 2.73. The minimum atomic E-state index is -0.566. The summed E-state index contributed by atoms with van der Waals surface area (Å²) in [4.78, 5) is 24.0. The van der Waals surface area contributed by atoms with Gasteiger partial charge in [0.1, 0.15) is 0 Å². The molecule has 0 saturated carbocycles. The lowest BCUT2D eigenvalue weighted by molar-refractivity contribution is -0.137. The van der Waals surface area contributed by atoms with E-state index in [1.807, 2.05) is 0 Å². The van der Waals surface area contributed by atoms with E-state index in [1.54, 1.807) is 6.92 Å². The first-order valence-electron chi connectivity index (χ1n) is 4.40. The molecule has 1 aromatic heterocycles. The molecule has 0 radical (unpaired) electrons. The van der Waals surface area contributed by atoms with E-state index in [4.69, 9.17) is 5.11 Å². The molecule has 0 amide bonds. The van der Waals surface area contributed by atoms with Crippen molar-refractivity contribution in [1.29, 1.82) is 0 Å². The van der Waals surface area contributed by atoms with Crippen LogP contribution in [0.15, 0.2) is 23.1 Å². The van der Waals surface area contributed by atoms with Crippen molar-refractivity contribution in [2.75, 3.05) is 6.61 Å². The van der Waals surface area contributed by atoms with Gasteiger partial charge in [-0.2, -0.15) is 0 Å². The fourth-order valence-electron chi connectivity index (χ4n) is 0.939. The van der Waals surface area contributed by atoms with E-state index in [1.165, 1.54) is 24.4 Å². The molecule has 0 fully saturated rings. The first-order chi connectivity index (χ1) is 7.13. The van der Waals surface area contributed by atoms with Crippen LogP contribution in [0.2, 0.25) is 0 Å². The molecule has 0 aliphatic rings. The Kier molecular flexibility index (Phi) is 3.68. The van der Waals surface area contributed by atoms with Crippen molar-refractivity contribution < 1.29 is 14.6 Å². The third-order valence-corrected chi connectivity index (χ3v) is 1.60. The number of hydrogen-bond acceptors (Lipinski definition) is 4. The molecule has 0 aliphatic carbocycles. The van der Waals surface area contributed by atoms with Gasteiger partial charge in [0.2, 0.25) is 0 Å². The molecule has 15 heavy (non-hydrogen) atoms. The molecule has 80 valence electrons. The van der Waals surface area contributed by atoms with Crippen LogP contribution in [0.4, 0.5) is 0 Å². The second-order valence-corrected chi connectivity index (χ2v) is 2.73. The van der Waals surface area contributed by atoms with Crippen molar-refractivity contribution in [3.05, 3.63) is 34.3 Å². The van der Waals surface area contributed by atoms with E-state index < -0.39 is 11.5 Å². The number of aromatic nitrogens is 1. The molecule has 1 rings (SSSR count). The fraction of sp³-hybridized carbons (Fsp3) is 0.200. The van der Waals surface area contributed by atoms with Crippen LogP contribution in [0, 0.1) is 0 Å². The number of ether oxygens (including phenoxy) is 1. The standard InChI is InChI=1S/C10H11NO4/c1-2-15-9(13)4-3-7-5-8(12)10(14)11-6-7/h3-6,12H,2H2,1H3,(H,11,14). The first-order valence-corrected chi connectivity index (χ1v) is 4.40. The Hall–Kier alpha value is -2.04. The molecule has 5 heteroatoms. The van der Waals surface area contributed by atoms with Crippen molar-refractivity contribution in [3.63, 3.8) is 0 Å². The van der Waals surface area contributed by atoms with E-state index in [2.05, 4.69) is 9.72 Å². The van der Waals surface area contributed by atoms with Gasteiger partial charge >= 0.3 is 5.97 Å². The van der Waals surface area contributed by atoms with Crippen LogP contribution in [-0.2, 0) is 9.53 Å². The number of rotatable bonds is 3. The summed E-state index contributed by atoms with van der Waals surface area (Å²) in [5.74, 6) is -0.857. The van der Waals surface area contributed by atoms with Gasteiger partial charge in [-0.3, -0.25) is 4.79 Å². The highest BCUT2D eigenvalue weighted by Gasteiger charge is 1.97. The van der Waals surface area contributed by atoms with Gasteiger partial charge in [0, 0.05) is 12.3 Å². The maximum Gasteiger partial charge on any atom is 0.330 e. The molecule has 0 aliphatic heterocycles. The number of esters is 1. The zero-order valence-corrected chi connectivity index (χ0v) is 8.19. The first kappa shape index (κ1) is 11.0. The molecule has 5 nitrogen and oxygen atoms in total. The Labute approximate surface area is 86.0 Å². The molecule has 0 saturated heterocycles. The quantitative estimate of drug-likeness (QED) is 0.566. The molecule has 0 unspecified atom stereocenters. The number of carbonyl (C=O) groups excluding carboxylic acids is 1. The minimum absolute atomic E-state index is 0.306. The van der Waals surface area contributed by atoms with Crippen molar-refractivity contribution in [1.82, 2.24) is 4.98 Å². The summed E-state index contributed by atoms with van der Waals surface area (Å²) >= 11 is 0. The van der Waals surface area contributed by atoms with Crippen LogP contribution < -0.4 is 5.56 Å². The number of H-pyrrole nitrogens is 1. The molecular formula is C10H11NO4. The number of aromatic amines is 1. The van der Waals surface area contributed by atoms with Gasteiger partial charge in [-0.25, -0.2) is 4.79 Å². The van der Waals surface area contributed by atoms with Crippen molar-refractivity contribution in [2.45, 2.75) is 6.92 Å². The molecular weight excluding hydrogens is 198 g/mol. The van der Waals surface area contributed by atoms with Crippen molar-refractivity contribution in [3.8, 4) is 5.75 Å². The summed E-state index contributed by atoms with van der Waals surface area (Å²) in [6.07, 6.45) is 4.04. The van der Waals surface area contributed by atoms with Gasteiger partial charge in [-0.05, 0) is 24.6 Å². The second kappa shape index (κ2) is 4.99. The van der Waals surface area contributed by atoms with Crippen LogP contribution >= 0.6 is 0 Å². The lowest BCUT2D eigenvalue weighted by atomic mass is 10.2. The lowest BCUT2D eigenvalue weighted by Crippen LogP contribution is -2.03. The third kappa shape index (κ3) is 3.30. The number of pyridine rings is 1. The third-order valence-electron chi connectivity index (χ3n) is 1.60. The van der Waals surface area contributed by atoms with E-state index in [0.29, 0.717) is 12.2 Å². The maximum atomic E-state index is 10.9. The zero-order valence-electron chi connectivity index (χ0n) is 8.19. The van der Waals surface area contributed by atoms with Crippen LogP contribution in [0.25, 0.3) is 6.08 Å². The van der Waals surface area contributed by atoms with Gasteiger partial charge in [-0.1, -0.05) is 0 Å². The Balaban J connectivity index is 2.77. The van der Waals surface area contributed by atoms with Crippen LogP contribution in [0.5, 0.6) is 5.75 Å². The van der Waals surface area contributed by atoms with Crippen molar-refractivity contribution >= 4 is 12.0 Å².